The smallest absolute Gasteiger partial charge is 0.123 e. The fraction of sp³-hybridized carbons (Fsp3) is 0.385. The number of rotatable bonds is 4. The Morgan fingerprint density at radius 2 is 2.00 bits per heavy atom. The van der Waals surface area contributed by atoms with Crippen molar-refractivity contribution in [1.82, 2.24) is 14.8 Å². The van der Waals surface area contributed by atoms with Gasteiger partial charge in [0, 0.05) is 5.69 Å². The standard InChI is InChI=1S/C13H18N4/c1-3-10-8-12(4-2)17(16-10)9-11-6-5-7-13(14)15-11/h5-8H,3-4,9H2,1-2H3,(H2,14,15). The average molecular weight is 230 g/mol. The van der Waals surface area contributed by atoms with Crippen molar-refractivity contribution in [3.8, 4) is 0 Å². The number of nitrogens with zero attached hydrogens (tertiary/aromatic N) is 3. The van der Waals surface area contributed by atoms with E-state index in [9.17, 15) is 0 Å². The van der Waals surface area contributed by atoms with Gasteiger partial charge in [-0.25, -0.2) is 4.98 Å². The van der Waals surface area contributed by atoms with E-state index in [1.807, 2.05) is 16.8 Å². The van der Waals surface area contributed by atoms with E-state index >= 15 is 0 Å². The van der Waals surface area contributed by atoms with Gasteiger partial charge in [0.1, 0.15) is 5.82 Å². The number of aromatic nitrogens is 3. The quantitative estimate of drug-likeness (QED) is 0.874. The zero-order chi connectivity index (χ0) is 12.3. The second kappa shape index (κ2) is 4.99. The van der Waals surface area contributed by atoms with Gasteiger partial charge in [-0.05, 0) is 31.0 Å². The van der Waals surface area contributed by atoms with Crippen molar-refractivity contribution in [3.05, 3.63) is 41.3 Å². The molecule has 0 bridgehead atoms. The Kier molecular flexibility index (Phi) is 3.42. The summed E-state index contributed by atoms with van der Waals surface area (Å²) in [6.45, 7) is 4.94. The van der Waals surface area contributed by atoms with Crippen molar-refractivity contribution in [1.29, 1.82) is 0 Å². The Labute approximate surface area is 101 Å². The maximum absolute atomic E-state index is 5.67. The average Bonchev–Trinajstić information content (AvgIpc) is 2.71. The van der Waals surface area contributed by atoms with Crippen LogP contribution in [0.5, 0.6) is 0 Å². The molecule has 2 aromatic rings. The maximum atomic E-state index is 5.67. The molecule has 0 fully saturated rings. The third-order valence-electron chi connectivity index (χ3n) is 2.78. The molecule has 0 radical (unpaired) electrons. The lowest BCUT2D eigenvalue weighted by molar-refractivity contribution is 0.630. The largest absolute Gasteiger partial charge is 0.384 e. The molecule has 2 N–H and O–H groups in total. The Morgan fingerprint density at radius 1 is 1.18 bits per heavy atom. The van der Waals surface area contributed by atoms with Gasteiger partial charge < -0.3 is 5.73 Å². The number of hydrogen-bond donors (Lipinski definition) is 1. The second-order valence-corrected chi connectivity index (χ2v) is 4.05. The number of nitrogen functional groups attached to an aromatic ring is 1. The first kappa shape index (κ1) is 11.6. The van der Waals surface area contributed by atoms with Crippen molar-refractivity contribution < 1.29 is 0 Å². The van der Waals surface area contributed by atoms with Crippen molar-refractivity contribution in [3.63, 3.8) is 0 Å². The van der Waals surface area contributed by atoms with E-state index in [1.54, 1.807) is 6.07 Å². The highest BCUT2D eigenvalue weighted by molar-refractivity contribution is 5.29. The highest BCUT2D eigenvalue weighted by Crippen LogP contribution is 2.09. The number of anilines is 1. The van der Waals surface area contributed by atoms with Crippen LogP contribution in [0.3, 0.4) is 0 Å². The van der Waals surface area contributed by atoms with Gasteiger partial charge in [0.2, 0.25) is 0 Å². The molecule has 0 aliphatic carbocycles. The van der Waals surface area contributed by atoms with Crippen LogP contribution >= 0.6 is 0 Å². The summed E-state index contributed by atoms with van der Waals surface area (Å²) in [5, 5.41) is 4.56. The monoisotopic (exact) mass is 230 g/mol. The predicted molar refractivity (Wildman–Crippen MR) is 68.7 cm³/mol. The molecule has 2 aromatic heterocycles. The molecule has 0 spiro atoms. The predicted octanol–water partition coefficient (Wildman–Crippen LogP) is 2.03. The molecule has 4 heteroatoms. The van der Waals surface area contributed by atoms with Gasteiger partial charge in [0.15, 0.2) is 0 Å². The summed E-state index contributed by atoms with van der Waals surface area (Å²) in [5.41, 5.74) is 8.99. The first-order chi connectivity index (χ1) is 8.22. The van der Waals surface area contributed by atoms with E-state index in [-0.39, 0.29) is 0 Å². The zero-order valence-corrected chi connectivity index (χ0v) is 10.3. The van der Waals surface area contributed by atoms with Crippen LogP contribution in [0.1, 0.15) is 30.9 Å². The van der Waals surface area contributed by atoms with E-state index < -0.39 is 0 Å². The number of hydrogen-bond acceptors (Lipinski definition) is 3. The second-order valence-electron chi connectivity index (χ2n) is 4.05. The van der Waals surface area contributed by atoms with Crippen LogP contribution in [0.15, 0.2) is 24.3 Å². The van der Waals surface area contributed by atoms with Crippen molar-refractivity contribution >= 4 is 5.82 Å². The Bertz CT molecular complexity index is 502. The minimum Gasteiger partial charge on any atom is -0.384 e. The first-order valence-electron chi connectivity index (χ1n) is 6.00. The molecule has 0 aliphatic heterocycles. The maximum Gasteiger partial charge on any atom is 0.123 e. The fourth-order valence-electron chi connectivity index (χ4n) is 1.85. The molecular weight excluding hydrogens is 212 g/mol. The van der Waals surface area contributed by atoms with Gasteiger partial charge in [-0.1, -0.05) is 19.9 Å². The van der Waals surface area contributed by atoms with Gasteiger partial charge in [0.25, 0.3) is 0 Å². The minimum absolute atomic E-state index is 0.559. The molecule has 0 atom stereocenters. The van der Waals surface area contributed by atoms with Crippen LogP contribution in [-0.2, 0) is 19.4 Å². The topological polar surface area (TPSA) is 56.7 Å². The van der Waals surface area contributed by atoms with E-state index in [2.05, 4.69) is 30.0 Å². The van der Waals surface area contributed by atoms with Crippen LogP contribution < -0.4 is 5.73 Å². The van der Waals surface area contributed by atoms with E-state index in [0.717, 1.165) is 24.2 Å². The van der Waals surface area contributed by atoms with Crippen LogP contribution in [0.2, 0.25) is 0 Å². The van der Waals surface area contributed by atoms with Crippen LogP contribution in [-0.4, -0.2) is 14.8 Å². The van der Waals surface area contributed by atoms with Crippen molar-refractivity contribution in [2.24, 2.45) is 0 Å². The molecule has 0 aliphatic rings. The number of nitrogens with two attached hydrogens (primary N) is 1. The number of aryl methyl sites for hydroxylation is 2. The van der Waals surface area contributed by atoms with Gasteiger partial charge in [-0.2, -0.15) is 5.10 Å². The highest BCUT2D eigenvalue weighted by Gasteiger charge is 2.06. The van der Waals surface area contributed by atoms with E-state index in [0.29, 0.717) is 12.4 Å². The third-order valence-corrected chi connectivity index (χ3v) is 2.78. The summed E-state index contributed by atoms with van der Waals surface area (Å²) in [6.07, 6.45) is 1.94. The van der Waals surface area contributed by atoms with Crippen LogP contribution in [0, 0.1) is 0 Å². The van der Waals surface area contributed by atoms with Crippen LogP contribution in [0.4, 0.5) is 5.82 Å². The van der Waals surface area contributed by atoms with Gasteiger partial charge in [-0.15, -0.1) is 0 Å². The highest BCUT2D eigenvalue weighted by atomic mass is 15.3. The minimum atomic E-state index is 0.559. The summed E-state index contributed by atoms with van der Waals surface area (Å²) in [6, 6.07) is 7.85. The van der Waals surface area contributed by atoms with Gasteiger partial charge >= 0.3 is 0 Å². The third kappa shape index (κ3) is 2.64. The lowest BCUT2D eigenvalue weighted by atomic mass is 10.2. The fourth-order valence-corrected chi connectivity index (χ4v) is 1.85. The van der Waals surface area contributed by atoms with Gasteiger partial charge in [-0.3, -0.25) is 4.68 Å². The molecule has 0 amide bonds. The lowest BCUT2D eigenvalue weighted by Gasteiger charge is -2.05. The summed E-state index contributed by atoms with van der Waals surface area (Å²) in [4.78, 5) is 4.30. The molecule has 17 heavy (non-hydrogen) atoms. The molecule has 4 nitrogen and oxygen atoms in total. The molecule has 2 rings (SSSR count). The summed E-state index contributed by atoms with van der Waals surface area (Å²) in [5.74, 6) is 0.559. The molecule has 0 saturated heterocycles. The van der Waals surface area contributed by atoms with Crippen molar-refractivity contribution in [2.75, 3.05) is 5.73 Å². The van der Waals surface area contributed by atoms with Gasteiger partial charge in [0.05, 0.1) is 17.9 Å². The lowest BCUT2D eigenvalue weighted by Crippen LogP contribution is -2.08. The molecule has 0 aromatic carbocycles. The molecular formula is C13H18N4. The van der Waals surface area contributed by atoms with Crippen molar-refractivity contribution in [2.45, 2.75) is 33.2 Å². The molecule has 2 heterocycles. The first-order valence-corrected chi connectivity index (χ1v) is 6.00. The molecule has 90 valence electrons. The van der Waals surface area contributed by atoms with Crippen LogP contribution in [0.25, 0.3) is 0 Å². The van der Waals surface area contributed by atoms with E-state index in [1.165, 1.54) is 5.69 Å². The zero-order valence-electron chi connectivity index (χ0n) is 10.3. The summed E-state index contributed by atoms with van der Waals surface area (Å²) in [7, 11) is 0. The summed E-state index contributed by atoms with van der Waals surface area (Å²) >= 11 is 0. The SMILES string of the molecule is CCc1cc(CC)n(Cc2cccc(N)n2)n1. The van der Waals surface area contributed by atoms with E-state index in [4.69, 9.17) is 5.73 Å². The number of pyridine rings is 1. The summed E-state index contributed by atoms with van der Waals surface area (Å²) < 4.78 is 2.01. The Morgan fingerprint density at radius 3 is 2.65 bits per heavy atom. The Balaban J connectivity index is 2.25. The molecule has 0 unspecified atom stereocenters. The Hall–Kier alpha value is -1.84. The normalized spacial score (nSPS) is 10.7. The molecule has 0 saturated carbocycles.